The van der Waals surface area contributed by atoms with Crippen LogP contribution in [0.3, 0.4) is 0 Å². The Balaban J connectivity index is 2.36. The predicted octanol–water partition coefficient (Wildman–Crippen LogP) is 2.16. The highest BCUT2D eigenvalue weighted by Crippen LogP contribution is 2.17. The zero-order valence-electron chi connectivity index (χ0n) is 8.68. The molecule has 2 nitrogen and oxygen atoms in total. The molecule has 2 heteroatoms. The van der Waals surface area contributed by atoms with Gasteiger partial charge >= 0.3 is 0 Å². The Kier molecular flexibility index (Phi) is 4.91. The summed E-state index contributed by atoms with van der Waals surface area (Å²) >= 11 is 0. The lowest BCUT2D eigenvalue weighted by Crippen LogP contribution is -2.31. The van der Waals surface area contributed by atoms with Gasteiger partial charge in [0, 0.05) is 6.04 Å². The van der Waals surface area contributed by atoms with Crippen molar-refractivity contribution in [2.24, 2.45) is 5.73 Å². The minimum Gasteiger partial charge on any atom is -0.405 e. The zero-order valence-corrected chi connectivity index (χ0v) is 8.68. The van der Waals surface area contributed by atoms with Crippen LogP contribution in [0.5, 0.6) is 0 Å². The molecular formula is C11H22N2. The van der Waals surface area contributed by atoms with Crippen LogP contribution in [-0.2, 0) is 0 Å². The molecule has 1 fully saturated rings. The summed E-state index contributed by atoms with van der Waals surface area (Å²) in [7, 11) is 0. The van der Waals surface area contributed by atoms with E-state index in [-0.39, 0.29) is 0 Å². The fourth-order valence-electron chi connectivity index (χ4n) is 1.97. The standard InChI is InChI=1S/C11H22N2/c1-2-4-11-7-6-10(9-12)5-3-8-13-11/h9,11,13H,2-8,12H2,1H3/b10-9+. The molecule has 76 valence electrons. The molecule has 0 spiro atoms. The van der Waals surface area contributed by atoms with Crippen LogP contribution in [0.25, 0.3) is 0 Å². The first-order valence-corrected chi connectivity index (χ1v) is 5.49. The molecule has 1 heterocycles. The fourth-order valence-corrected chi connectivity index (χ4v) is 1.97. The molecule has 0 saturated carbocycles. The molecule has 3 N–H and O–H groups in total. The third-order valence-electron chi connectivity index (χ3n) is 2.79. The van der Waals surface area contributed by atoms with Crippen molar-refractivity contribution < 1.29 is 0 Å². The zero-order chi connectivity index (χ0) is 9.52. The average molecular weight is 182 g/mol. The summed E-state index contributed by atoms with van der Waals surface area (Å²) in [6.07, 6.45) is 9.27. The van der Waals surface area contributed by atoms with Crippen molar-refractivity contribution in [3.63, 3.8) is 0 Å². The lowest BCUT2D eigenvalue weighted by Gasteiger charge is -2.22. The smallest absolute Gasteiger partial charge is 0.00700 e. The van der Waals surface area contributed by atoms with Crippen LogP contribution >= 0.6 is 0 Å². The van der Waals surface area contributed by atoms with Crippen LogP contribution in [0.1, 0.15) is 45.4 Å². The Bertz CT molecular complexity index is 163. The molecule has 0 aromatic carbocycles. The minimum atomic E-state index is 0.722. The molecule has 1 atom stereocenters. The molecule has 0 aliphatic carbocycles. The van der Waals surface area contributed by atoms with Gasteiger partial charge in [-0.15, -0.1) is 0 Å². The van der Waals surface area contributed by atoms with E-state index in [0.29, 0.717) is 0 Å². The number of nitrogens with two attached hydrogens (primary N) is 1. The van der Waals surface area contributed by atoms with Crippen molar-refractivity contribution >= 4 is 0 Å². The summed E-state index contributed by atoms with van der Waals surface area (Å²) in [6, 6.07) is 0.722. The van der Waals surface area contributed by atoms with Gasteiger partial charge in [-0.2, -0.15) is 0 Å². The van der Waals surface area contributed by atoms with Gasteiger partial charge < -0.3 is 11.1 Å². The Morgan fingerprint density at radius 2 is 2.38 bits per heavy atom. The molecule has 0 radical (unpaired) electrons. The van der Waals surface area contributed by atoms with E-state index in [1.165, 1.54) is 44.1 Å². The van der Waals surface area contributed by atoms with E-state index < -0.39 is 0 Å². The molecule has 1 aliphatic rings. The SMILES string of the molecule is CCCC1CC/C(=C/N)CCCN1. The summed E-state index contributed by atoms with van der Waals surface area (Å²) in [5.74, 6) is 0. The van der Waals surface area contributed by atoms with Gasteiger partial charge in [0.1, 0.15) is 0 Å². The van der Waals surface area contributed by atoms with E-state index in [4.69, 9.17) is 5.73 Å². The van der Waals surface area contributed by atoms with Crippen molar-refractivity contribution in [3.05, 3.63) is 11.8 Å². The second kappa shape index (κ2) is 6.03. The number of hydrogen-bond donors (Lipinski definition) is 2. The highest BCUT2D eigenvalue weighted by molar-refractivity contribution is 5.01. The van der Waals surface area contributed by atoms with E-state index >= 15 is 0 Å². The number of nitrogens with one attached hydrogen (secondary N) is 1. The molecule has 0 aromatic heterocycles. The Morgan fingerprint density at radius 1 is 1.54 bits per heavy atom. The van der Waals surface area contributed by atoms with Crippen molar-refractivity contribution in [2.75, 3.05) is 6.54 Å². The topological polar surface area (TPSA) is 38.0 Å². The first-order valence-electron chi connectivity index (χ1n) is 5.49. The van der Waals surface area contributed by atoms with Crippen LogP contribution in [0.15, 0.2) is 11.8 Å². The second-order valence-electron chi connectivity index (χ2n) is 3.91. The first kappa shape index (κ1) is 10.6. The third-order valence-corrected chi connectivity index (χ3v) is 2.79. The fraction of sp³-hybridized carbons (Fsp3) is 0.818. The number of rotatable bonds is 2. The van der Waals surface area contributed by atoms with Gasteiger partial charge in [0.2, 0.25) is 0 Å². The third kappa shape index (κ3) is 3.81. The van der Waals surface area contributed by atoms with Crippen LogP contribution in [-0.4, -0.2) is 12.6 Å². The molecular weight excluding hydrogens is 160 g/mol. The maximum atomic E-state index is 5.56. The highest BCUT2D eigenvalue weighted by atomic mass is 14.9. The number of hydrogen-bond acceptors (Lipinski definition) is 2. The van der Waals surface area contributed by atoms with E-state index in [1.54, 1.807) is 0 Å². The van der Waals surface area contributed by atoms with E-state index in [0.717, 1.165) is 12.6 Å². The molecule has 0 amide bonds. The van der Waals surface area contributed by atoms with Crippen LogP contribution < -0.4 is 11.1 Å². The van der Waals surface area contributed by atoms with Crippen molar-refractivity contribution in [2.45, 2.75) is 51.5 Å². The second-order valence-corrected chi connectivity index (χ2v) is 3.91. The Morgan fingerprint density at radius 3 is 3.08 bits per heavy atom. The van der Waals surface area contributed by atoms with E-state index in [2.05, 4.69) is 12.2 Å². The minimum absolute atomic E-state index is 0.722. The van der Waals surface area contributed by atoms with Gasteiger partial charge in [0.15, 0.2) is 0 Å². The van der Waals surface area contributed by atoms with Crippen LogP contribution in [0.2, 0.25) is 0 Å². The van der Waals surface area contributed by atoms with E-state index in [9.17, 15) is 0 Å². The highest BCUT2D eigenvalue weighted by Gasteiger charge is 2.10. The summed E-state index contributed by atoms with van der Waals surface area (Å²) in [6.45, 7) is 3.40. The van der Waals surface area contributed by atoms with Crippen LogP contribution in [0.4, 0.5) is 0 Å². The van der Waals surface area contributed by atoms with Crippen molar-refractivity contribution in [3.8, 4) is 0 Å². The summed E-state index contributed by atoms with van der Waals surface area (Å²) in [5.41, 5.74) is 7.01. The maximum Gasteiger partial charge on any atom is 0.00700 e. The van der Waals surface area contributed by atoms with E-state index in [1.807, 2.05) is 6.20 Å². The van der Waals surface area contributed by atoms with Gasteiger partial charge in [-0.05, 0) is 44.8 Å². The first-order chi connectivity index (χ1) is 6.36. The molecule has 1 rings (SSSR count). The monoisotopic (exact) mass is 182 g/mol. The molecule has 1 aliphatic heterocycles. The van der Waals surface area contributed by atoms with Crippen molar-refractivity contribution in [1.29, 1.82) is 0 Å². The summed E-state index contributed by atoms with van der Waals surface area (Å²) < 4.78 is 0. The summed E-state index contributed by atoms with van der Waals surface area (Å²) in [4.78, 5) is 0. The molecule has 1 unspecified atom stereocenters. The van der Waals surface area contributed by atoms with Gasteiger partial charge in [-0.25, -0.2) is 0 Å². The Hall–Kier alpha value is -0.500. The van der Waals surface area contributed by atoms with Crippen LogP contribution in [0, 0.1) is 0 Å². The van der Waals surface area contributed by atoms with Gasteiger partial charge in [0.05, 0.1) is 0 Å². The largest absolute Gasteiger partial charge is 0.405 e. The van der Waals surface area contributed by atoms with Gasteiger partial charge in [-0.3, -0.25) is 0 Å². The molecule has 13 heavy (non-hydrogen) atoms. The molecule has 0 aromatic rings. The van der Waals surface area contributed by atoms with Crippen molar-refractivity contribution in [1.82, 2.24) is 5.32 Å². The molecule has 1 saturated heterocycles. The normalized spacial score (nSPS) is 28.4. The Labute approximate surface area is 81.6 Å². The van der Waals surface area contributed by atoms with Gasteiger partial charge in [-0.1, -0.05) is 18.9 Å². The lowest BCUT2D eigenvalue weighted by atomic mass is 9.97. The van der Waals surface area contributed by atoms with Gasteiger partial charge in [0.25, 0.3) is 0 Å². The molecule has 0 bridgehead atoms. The average Bonchev–Trinajstić information content (AvgIpc) is 2.11. The lowest BCUT2D eigenvalue weighted by molar-refractivity contribution is 0.425. The quantitative estimate of drug-likeness (QED) is 0.687. The maximum absolute atomic E-state index is 5.56. The number of allylic oxidation sites excluding steroid dienone is 1. The predicted molar refractivity (Wildman–Crippen MR) is 57.4 cm³/mol. The summed E-state index contributed by atoms with van der Waals surface area (Å²) in [5, 5.41) is 3.60.